The van der Waals surface area contributed by atoms with E-state index >= 15 is 0 Å². The molecule has 4 heteroatoms. The topological polar surface area (TPSA) is 47.8 Å². The number of aryl methyl sites for hydroxylation is 1. The van der Waals surface area contributed by atoms with Gasteiger partial charge in [-0.1, -0.05) is 18.2 Å². The number of pyridine rings is 1. The zero-order valence-corrected chi connectivity index (χ0v) is 10.6. The average Bonchev–Trinajstić information content (AvgIpc) is 2.94. The number of carbonyl (C=O) groups is 1. The molecule has 0 amide bonds. The van der Waals surface area contributed by atoms with Crippen molar-refractivity contribution in [3.8, 4) is 0 Å². The Hall–Kier alpha value is -2.49. The second-order valence-electron chi connectivity index (χ2n) is 4.24. The van der Waals surface area contributed by atoms with E-state index in [1.54, 1.807) is 12.4 Å². The number of hydrogen-bond acceptors (Lipinski definition) is 3. The Bertz CT molecular complexity index is 740. The Morgan fingerprint density at radius 1 is 1.16 bits per heavy atom. The lowest BCUT2D eigenvalue weighted by molar-refractivity contribution is 0.102. The number of rotatable bonds is 3. The average molecular weight is 251 g/mol. The number of hydrogen-bond donors (Lipinski definition) is 0. The SMILES string of the molecule is CCn1ccnc1C(=O)c1cccc2ncccc12. The molecule has 0 N–H and O–H groups in total. The van der Waals surface area contributed by atoms with Gasteiger partial charge in [0.1, 0.15) is 0 Å². The summed E-state index contributed by atoms with van der Waals surface area (Å²) < 4.78 is 1.84. The molecule has 19 heavy (non-hydrogen) atoms. The first-order valence-corrected chi connectivity index (χ1v) is 6.21. The molecule has 0 saturated carbocycles. The van der Waals surface area contributed by atoms with E-state index in [1.165, 1.54) is 0 Å². The molecule has 3 aromatic rings. The molecule has 3 rings (SSSR count). The van der Waals surface area contributed by atoms with Gasteiger partial charge in [-0.2, -0.15) is 0 Å². The van der Waals surface area contributed by atoms with Crippen molar-refractivity contribution in [3.63, 3.8) is 0 Å². The fourth-order valence-electron chi connectivity index (χ4n) is 2.20. The van der Waals surface area contributed by atoms with Gasteiger partial charge in [-0.25, -0.2) is 4.98 Å². The summed E-state index contributed by atoms with van der Waals surface area (Å²) in [4.78, 5) is 21.0. The van der Waals surface area contributed by atoms with Crippen molar-refractivity contribution in [2.45, 2.75) is 13.5 Å². The number of benzene rings is 1. The number of fused-ring (bicyclic) bond motifs is 1. The fourth-order valence-corrected chi connectivity index (χ4v) is 2.20. The van der Waals surface area contributed by atoms with Crippen molar-refractivity contribution < 1.29 is 4.79 Å². The summed E-state index contributed by atoms with van der Waals surface area (Å²) in [5.74, 6) is 0.407. The molecule has 0 aliphatic rings. The molecule has 2 aromatic heterocycles. The van der Waals surface area contributed by atoms with Crippen molar-refractivity contribution in [3.05, 3.63) is 60.3 Å². The molecular formula is C15H13N3O. The smallest absolute Gasteiger partial charge is 0.229 e. The molecular weight excluding hydrogens is 238 g/mol. The molecule has 0 radical (unpaired) electrons. The van der Waals surface area contributed by atoms with Crippen LogP contribution in [0.5, 0.6) is 0 Å². The summed E-state index contributed by atoms with van der Waals surface area (Å²) in [6.45, 7) is 2.72. The quantitative estimate of drug-likeness (QED) is 0.672. The highest BCUT2D eigenvalue weighted by Gasteiger charge is 2.16. The molecule has 0 fully saturated rings. The molecule has 1 aromatic carbocycles. The van der Waals surface area contributed by atoms with Crippen LogP contribution in [0.2, 0.25) is 0 Å². The molecule has 0 bridgehead atoms. The van der Waals surface area contributed by atoms with Gasteiger partial charge in [0.2, 0.25) is 5.78 Å². The van der Waals surface area contributed by atoms with E-state index in [0.29, 0.717) is 11.4 Å². The van der Waals surface area contributed by atoms with Gasteiger partial charge < -0.3 is 4.57 Å². The summed E-state index contributed by atoms with van der Waals surface area (Å²) in [5, 5.41) is 0.862. The molecule has 0 unspecified atom stereocenters. The van der Waals surface area contributed by atoms with Gasteiger partial charge in [0.05, 0.1) is 5.52 Å². The molecule has 0 saturated heterocycles. The maximum absolute atomic E-state index is 12.6. The van der Waals surface area contributed by atoms with Gasteiger partial charge in [-0.15, -0.1) is 0 Å². The highest BCUT2D eigenvalue weighted by molar-refractivity contribution is 6.14. The van der Waals surface area contributed by atoms with Crippen LogP contribution >= 0.6 is 0 Å². The summed E-state index contributed by atoms with van der Waals surface area (Å²) >= 11 is 0. The maximum atomic E-state index is 12.6. The van der Waals surface area contributed by atoms with Crippen molar-refractivity contribution >= 4 is 16.7 Å². The van der Waals surface area contributed by atoms with E-state index in [9.17, 15) is 4.79 Å². The first-order chi connectivity index (χ1) is 9.31. The highest BCUT2D eigenvalue weighted by atomic mass is 16.1. The van der Waals surface area contributed by atoms with Crippen LogP contribution in [-0.2, 0) is 6.54 Å². The van der Waals surface area contributed by atoms with Crippen LogP contribution < -0.4 is 0 Å². The number of carbonyl (C=O) groups excluding carboxylic acids is 1. The van der Waals surface area contributed by atoms with Crippen LogP contribution in [0.4, 0.5) is 0 Å². The van der Waals surface area contributed by atoms with E-state index in [1.807, 2.05) is 48.0 Å². The standard InChI is InChI=1S/C15H13N3O/c1-2-18-10-9-17-15(18)14(19)12-5-3-7-13-11(12)6-4-8-16-13/h3-10H,2H2,1H3. The Morgan fingerprint density at radius 3 is 2.89 bits per heavy atom. The van der Waals surface area contributed by atoms with Gasteiger partial charge in [0.15, 0.2) is 5.82 Å². The van der Waals surface area contributed by atoms with E-state index in [0.717, 1.165) is 17.4 Å². The fraction of sp³-hybridized carbons (Fsp3) is 0.133. The zero-order valence-electron chi connectivity index (χ0n) is 10.6. The Balaban J connectivity index is 2.17. The van der Waals surface area contributed by atoms with E-state index < -0.39 is 0 Å². The molecule has 4 nitrogen and oxygen atoms in total. The maximum Gasteiger partial charge on any atom is 0.229 e. The van der Waals surface area contributed by atoms with Crippen molar-refractivity contribution in [2.24, 2.45) is 0 Å². The van der Waals surface area contributed by atoms with Crippen molar-refractivity contribution in [1.82, 2.24) is 14.5 Å². The summed E-state index contributed by atoms with van der Waals surface area (Å²) in [5.41, 5.74) is 1.47. The summed E-state index contributed by atoms with van der Waals surface area (Å²) in [7, 11) is 0. The lowest BCUT2D eigenvalue weighted by Gasteiger charge is -2.06. The second kappa shape index (κ2) is 4.65. The van der Waals surface area contributed by atoms with Crippen molar-refractivity contribution in [2.75, 3.05) is 0 Å². The van der Waals surface area contributed by atoms with Gasteiger partial charge in [-0.3, -0.25) is 9.78 Å². The van der Waals surface area contributed by atoms with Crippen LogP contribution in [0, 0.1) is 0 Å². The van der Waals surface area contributed by atoms with Gasteiger partial charge in [-0.05, 0) is 19.1 Å². The second-order valence-corrected chi connectivity index (χ2v) is 4.24. The number of aromatic nitrogens is 3. The lowest BCUT2D eigenvalue weighted by atomic mass is 10.0. The summed E-state index contributed by atoms with van der Waals surface area (Å²) in [6, 6.07) is 9.32. The first kappa shape index (κ1) is 11.6. The predicted molar refractivity (Wildman–Crippen MR) is 73.1 cm³/mol. The van der Waals surface area contributed by atoms with Gasteiger partial charge in [0.25, 0.3) is 0 Å². The van der Waals surface area contributed by atoms with Gasteiger partial charge >= 0.3 is 0 Å². The Labute approximate surface area is 110 Å². The van der Waals surface area contributed by atoms with Crippen LogP contribution in [0.3, 0.4) is 0 Å². The van der Waals surface area contributed by atoms with E-state index in [2.05, 4.69) is 9.97 Å². The first-order valence-electron chi connectivity index (χ1n) is 6.21. The Kier molecular flexibility index (Phi) is 2.83. The van der Waals surface area contributed by atoms with E-state index in [-0.39, 0.29) is 5.78 Å². The minimum Gasteiger partial charge on any atom is -0.328 e. The van der Waals surface area contributed by atoms with E-state index in [4.69, 9.17) is 0 Å². The monoisotopic (exact) mass is 251 g/mol. The highest BCUT2D eigenvalue weighted by Crippen LogP contribution is 2.19. The third kappa shape index (κ3) is 1.91. The van der Waals surface area contributed by atoms with Gasteiger partial charge in [0, 0.05) is 36.1 Å². The molecule has 0 spiro atoms. The normalized spacial score (nSPS) is 10.8. The Morgan fingerprint density at radius 2 is 2.05 bits per heavy atom. The number of imidazole rings is 1. The van der Waals surface area contributed by atoms with Crippen LogP contribution in [0.25, 0.3) is 10.9 Å². The molecule has 2 heterocycles. The number of nitrogens with zero attached hydrogens (tertiary/aromatic N) is 3. The lowest BCUT2D eigenvalue weighted by Crippen LogP contribution is -2.11. The largest absolute Gasteiger partial charge is 0.328 e. The minimum absolute atomic E-state index is 0.0644. The predicted octanol–water partition coefficient (Wildman–Crippen LogP) is 2.68. The number of ketones is 1. The molecule has 0 aliphatic heterocycles. The molecule has 0 atom stereocenters. The zero-order chi connectivity index (χ0) is 13.2. The van der Waals surface area contributed by atoms with Crippen LogP contribution in [0.15, 0.2) is 48.9 Å². The third-order valence-corrected chi connectivity index (χ3v) is 3.15. The van der Waals surface area contributed by atoms with Crippen molar-refractivity contribution in [1.29, 1.82) is 0 Å². The minimum atomic E-state index is -0.0644. The summed E-state index contributed by atoms with van der Waals surface area (Å²) in [6.07, 6.45) is 5.19. The third-order valence-electron chi connectivity index (χ3n) is 3.15. The molecule has 0 aliphatic carbocycles. The van der Waals surface area contributed by atoms with Crippen LogP contribution in [0.1, 0.15) is 23.1 Å². The molecule has 94 valence electrons. The van der Waals surface area contributed by atoms with Crippen LogP contribution in [-0.4, -0.2) is 20.3 Å².